The number of carbonyl (C=O) groups is 1. The number of ether oxygens (including phenoxy) is 1. The van der Waals surface area contributed by atoms with Crippen molar-refractivity contribution in [1.29, 1.82) is 0 Å². The molecule has 116 valence electrons. The van der Waals surface area contributed by atoms with Gasteiger partial charge in [-0.2, -0.15) is 13.2 Å². The third-order valence-electron chi connectivity index (χ3n) is 3.04. The van der Waals surface area contributed by atoms with Crippen molar-refractivity contribution >= 4 is 5.91 Å². The van der Waals surface area contributed by atoms with Crippen LogP contribution < -0.4 is 10.1 Å². The predicted molar refractivity (Wildman–Crippen MR) is 75.6 cm³/mol. The van der Waals surface area contributed by atoms with Crippen LogP contribution in [0.25, 0.3) is 0 Å². The van der Waals surface area contributed by atoms with E-state index in [0.29, 0.717) is 16.9 Å². The summed E-state index contributed by atoms with van der Waals surface area (Å²) in [5.74, 6) is 0.156. The van der Waals surface area contributed by atoms with Crippen LogP contribution >= 0.6 is 0 Å². The van der Waals surface area contributed by atoms with E-state index in [-0.39, 0.29) is 12.5 Å². The Morgan fingerprint density at radius 1 is 1.14 bits per heavy atom. The molecule has 2 aromatic carbocycles. The van der Waals surface area contributed by atoms with Crippen molar-refractivity contribution in [2.45, 2.75) is 12.7 Å². The van der Waals surface area contributed by atoms with Gasteiger partial charge in [-0.05, 0) is 35.9 Å². The van der Waals surface area contributed by atoms with Crippen LogP contribution in [0.2, 0.25) is 0 Å². The number of halogens is 3. The summed E-state index contributed by atoms with van der Waals surface area (Å²) in [4.78, 5) is 12.0. The zero-order valence-electron chi connectivity index (χ0n) is 11.8. The zero-order chi connectivity index (χ0) is 16.2. The van der Waals surface area contributed by atoms with Crippen LogP contribution in [0.4, 0.5) is 13.2 Å². The highest BCUT2D eigenvalue weighted by Crippen LogP contribution is 2.29. The van der Waals surface area contributed by atoms with Gasteiger partial charge in [0.1, 0.15) is 5.75 Å². The van der Waals surface area contributed by atoms with Crippen LogP contribution in [0.1, 0.15) is 21.5 Å². The Kier molecular flexibility index (Phi) is 4.70. The van der Waals surface area contributed by atoms with E-state index in [1.54, 1.807) is 24.3 Å². The molecule has 0 saturated carbocycles. The molecule has 22 heavy (non-hydrogen) atoms. The fourth-order valence-corrected chi connectivity index (χ4v) is 1.91. The largest absolute Gasteiger partial charge is 0.497 e. The van der Waals surface area contributed by atoms with Crippen LogP contribution in [0.3, 0.4) is 0 Å². The van der Waals surface area contributed by atoms with Gasteiger partial charge in [-0.1, -0.05) is 18.2 Å². The summed E-state index contributed by atoms with van der Waals surface area (Å²) in [6.07, 6.45) is -4.40. The normalized spacial score (nSPS) is 11.1. The van der Waals surface area contributed by atoms with Crippen LogP contribution in [-0.4, -0.2) is 13.0 Å². The minimum Gasteiger partial charge on any atom is -0.497 e. The predicted octanol–water partition coefficient (Wildman–Crippen LogP) is 3.64. The fraction of sp³-hybridized carbons (Fsp3) is 0.188. The molecule has 1 N–H and O–H groups in total. The molecule has 0 aromatic heterocycles. The molecule has 0 aliphatic heterocycles. The number of amides is 1. The van der Waals surface area contributed by atoms with Crippen molar-refractivity contribution in [3.63, 3.8) is 0 Å². The summed E-state index contributed by atoms with van der Waals surface area (Å²) in [5.41, 5.74) is 0.0260. The lowest BCUT2D eigenvalue weighted by Gasteiger charge is -2.10. The van der Waals surface area contributed by atoms with E-state index in [1.807, 2.05) is 0 Å². The molecule has 0 saturated heterocycles. The van der Waals surface area contributed by atoms with Gasteiger partial charge in [0.05, 0.1) is 12.7 Å². The lowest BCUT2D eigenvalue weighted by molar-refractivity contribution is -0.137. The summed E-state index contributed by atoms with van der Waals surface area (Å²) in [6, 6.07) is 11.4. The summed E-state index contributed by atoms with van der Waals surface area (Å²) in [5, 5.41) is 2.58. The molecular formula is C16H14F3NO2. The minimum absolute atomic E-state index is 0.0139. The molecule has 0 fully saturated rings. The molecule has 1 amide bonds. The highest BCUT2D eigenvalue weighted by Gasteiger charge is 2.30. The molecule has 0 atom stereocenters. The van der Waals surface area contributed by atoms with Gasteiger partial charge >= 0.3 is 6.18 Å². The quantitative estimate of drug-likeness (QED) is 0.936. The molecule has 0 heterocycles. The molecule has 0 aliphatic rings. The van der Waals surface area contributed by atoms with E-state index in [0.717, 1.165) is 12.1 Å². The molecule has 3 nitrogen and oxygen atoms in total. The van der Waals surface area contributed by atoms with Gasteiger partial charge in [0.15, 0.2) is 0 Å². The standard InChI is InChI=1S/C16H14F3NO2/c1-22-14-7-3-5-12(9-14)15(21)20-10-11-4-2-6-13(8-11)16(17,18)19/h2-9H,10H2,1H3,(H,20,21). The maximum Gasteiger partial charge on any atom is 0.416 e. The van der Waals surface area contributed by atoms with E-state index in [2.05, 4.69) is 5.32 Å². The Bertz CT molecular complexity index is 668. The highest BCUT2D eigenvalue weighted by molar-refractivity contribution is 5.94. The van der Waals surface area contributed by atoms with E-state index in [4.69, 9.17) is 4.74 Å². The first kappa shape index (κ1) is 15.9. The average Bonchev–Trinajstić information content (AvgIpc) is 2.52. The lowest BCUT2D eigenvalue weighted by Crippen LogP contribution is -2.23. The Morgan fingerprint density at radius 2 is 1.86 bits per heavy atom. The molecule has 0 spiro atoms. The van der Waals surface area contributed by atoms with Gasteiger partial charge in [-0.15, -0.1) is 0 Å². The van der Waals surface area contributed by atoms with Crippen LogP contribution in [-0.2, 0) is 12.7 Å². The maximum atomic E-state index is 12.6. The zero-order valence-corrected chi connectivity index (χ0v) is 11.8. The summed E-state index contributed by atoms with van der Waals surface area (Å²) < 4.78 is 42.9. The van der Waals surface area contributed by atoms with Crippen molar-refractivity contribution < 1.29 is 22.7 Å². The molecule has 0 bridgehead atoms. The number of nitrogens with one attached hydrogen (secondary N) is 1. The number of hydrogen-bond acceptors (Lipinski definition) is 2. The minimum atomic E-state index is -4.40. The second-order valence-corrected chi connectivity index (χ2v) is 4.61. The van der Waals surface area contributed by atoms with Crippen molar-refractivity contribution in [3.05, 3.63) is 65.2 Å². The molecule has 2 aromatic rings. The second kappa shape index (κ2) is 6.51. The topological polar surface area (TPSA) is 38.3 Å². The Labute approximate surface area is 125 Å². The van der Waals surface area contributed by atoms with E-state index < -0.39 is 11.7 Å². The number of alkyl halides is 3. The molecule has 6 heteroatoms. The molecule has 0 radical (unpaired) electrons. The number of benzene rings is 2. The first-order valence-electron chi connectivity index (χ1n) is 6.48. The van der Waals surface area contributed by atoms with E-state index in [9.17, 15) is 18.0 Å². The number of hydrogen-bond donors (Lipinski definition) is 1. The average molecular weight is 309 g/mol. The lowest BCUT2D eigenvalue weighted by atomic mass is 10.1. The smallest absolute Gasteiger partial charge is 0.416 e. The Morgan fingerprint density at radius 3 is 2.55 bits per heavy atom. The SMILES string of the molecule is COc1cccc(C(=O)NCc2cccc(C(F)(F)F)c2)c1. The van der Waals surface area contributed by atoms with Crippen molar-refractivity contribution in [2.75, 3.05) is 7.11 Å². The monoisotopic (exact) mass is 309 g/mol. The Balaban J connectivity index is 2.05. The van der Waals surface area contributed by atoms with Gasteiger partial charge in [0.2, 0.25) is 0 Å². The molecule has 0 unspecified atom stereocenters. The summed E-state index contributed by atoms with van der Waals surface area (Å²) in [6.45, 7) is 0.0139. The van der Waals surface area contributed by atoms with Crippen LogP contribution in [0.5, 0.6) is 5.75 Å². The van der Waals surface area contributed by atoms with E-state index in [1.165, 1.54) is 19.2 Å². The number of rotatable bonds is 4. The van der Waals surface area contributed by atoms with Gasteiger partial charge in [-0.3, -0.25) is 4.79 Å². The third kappa shape index (κ3) is 4.00. The van der Waals surface area contributed by atoms with Gasteiger partial charge in [0.25, 0.3) is 5.91 Å². The van der Waals surface area contributed by atoms with Crippen LogP contribution in [0, 0.1) is 0 Å². The molecular weight excluding hydrogens is 295 g/mol. The molecule has 2 rings (SSSR count). The third-order valence-corrected chi connectivity index (χ3v) is 3.04. The first-order valence-corrected chi connectivity index (χ1v) is 6.48. The highest BCUT2D eigenvalue weighted by atomic mass is 19.4. The maximum absolute atomic E-state index is 12.6. The summed E-state index contributed by atoms with van der Waals surface area (Å²) >= 11 is 0. The van der Waals surface area contributed by atoms with E-state index >= 15 is 0 Å². The summed E-state index contributed by atoms with van der Waals surface area (Å²) in [7, 11) is 1.49. The fourth-order valence-electron chi connectivity index (χ4n) is 1.91. The number of methoxy groups -OCH3 is 1. The number of carbonyl (C=O) groups excluding carboxylic acids is 1. The van der Waals surface area contributed by atoms with Crippen molar-refractivity contribution in [3.8, 4) is 5.75 Å². The van der Waals surface area contributed by atoms with Crippen molar-refractivity contribution in [2.24, 2.45) is 0 Å². The van der Waals surface area contributed by atoms with Gasteiger partial charge < -0.3 is 10.1 Å². The molecule has 0 aliphatic carbocycles. The van der Waals surface area contributed by atoms with Crippen molar-refractivity contribution in [1.82, 2.24) is 5.32 Å². The Hall–Kier alpha value is -2.50. The van der Waals surface area contributed by atoms with Crippen LogP contribution in [0.15, 0.2) is 48.5 Å². The first-order chi connectivity index (χ1) is 10.4. The van der Waals surface area contributed by atoms with Gasteiger partial charge in [0, 0.05) is 12.1 Å². The second-order valence-electron chi connectivity index (χ2n) is 4.61. The van der Waals surface area contributed by atoms with Gasteiger partial charge in [-0.25, -0.2) is 0 Å².